The molecule has 274 valence electrons. The second kappa shape index (κ2) is 13.3. The van der Waals surface area contributed by atoms with E-state index >= 15 is 0 Å². The van der Waals surface area contributed by atoms with Crippen LogP contribution in [0, 0.1) is 24.7 Å². The van der Waals surface area contributed by atoms with Crippen molar-refractivity contribution >= 4 is 21.9 Å². The van der Waals surface area contributed by atoms with Crippen LogP contribution in [0.25, 0.3) is 11.3 Å². The van der Waals surface area contributed by atoms with Gasteiger partial charge in [0.1, 0.15) is 6.61 Å². The van der Waals surface area contributed by atoms with Gasteiger partial charge >= 0.3 is 6.18 Å². The summed E-state index contributed by atoms with van der Waals surface area (Å²) in [5, 5.41) is 0. The summed E-state index contributed by atoms with van der Waals surface area (Å²) >= 11 is 0. The molecule has 0 radical (unpaired) electrons. The zero-order valence-corrected chi connectivity index (χ0v) is 29.9. The molecule has 3 aromatic rings. The van der Waals surface area contributed by atoms with Crippen molar-refractivity contribution in [3.05, 3.63) is 65.2 Å². The first-order valence-electron chi connectivity index (χ1n) is 17.5. The number of likely N-dealkylation sites (tertiary alicyclic amines) is 1. The number of piperidine rings is 1. The average Bonchev–Trinajstić information content (AvgIpc) is 3.86. The molecular weight excluding hydrogens is 683 g/mol. The molecule has 7 rings (SSSR count). The molecule has 1 saturated heterocycles. The molecule has 2 aliphatic carbocycles. The molecule has 0 unspecified atom stereocenters. The van der Waals surface area contributed by atoms with Gasteiger partial charge in [0, 0.05) is 36.9 Å². The lowest BCUT2D eigenvalue weighted by Gasteiger charge is -2.56. The molecule has 4 aliphatic rings. The number of nitrogens with zero attached hydrogens (tertiary/aromatic N) is 4. The van der Waals surface area contributed by atoms with Gasteiger partial charge in [0.15, 0.2) is 0 Å². The summed E-state index contributed by atoms with van der Waals surface area (Å²) in [6, 6.07) is 11.6. The molecule has 2 aromatic carbocycles. The van der Waals surface area contributed by atoms with Crippen LogP contribution in [0.1, 0.15) is 66.4 Å². The maximum Gasteiger partial charge on any atom is 0.394 e. The van der Waals surface area contributed by atoms with Gasteiger partial charge in [-0.25, -0.2) is 18.1 Å². The van der Waals surface area contributed by atoms with Gasteiger partial charge in [0.05, 0.1) is 28.7 Å². The highest BCUT2D eigenvalue weighted by atomic mass is 32.2. The minimum Gasteiger partial charge on any atom is -0.475 e. The van der Waals surface area contributed by atoms with E-state index in [4.69, 9.17) is 9.47 Å². The van der Waals surface area contributed by atoms with Crippen LogP contribution in [0.15, 0.2) is 53.4 Å². The molecule has 1 aromatic heterocycles. The van der Waals surface area contributed by atoms with Crippen molar-refractivity contribution < 1.29 is 35.9 Å². The number of amides is 1. The Labute approximate surface area is 296 Å². The highest BCUT2D eigenvalue weighted by Gasteiger charge is 2.64. The molecule has 3 fully saturated rings. The van der Waals surface area contributed by atoms with Gasteiger partial charge in [-0.3, -0.25) is 4.79 Å². The molecular formula is C37H44F3N5O5S. The smallest absolute Gasteiger partial charge is 0.394 e. The van der Waals surface area contributed by atoms with Crippen molar-refractivity contribution in [2.75, 3.05) is 44.7 Å². The predicted octanol–water partition coefficient (Wildman–Crippen LogP) is 6.39. The zero-order valence-electron chi connectivity index (χ0n) is 29.1. The first kappa shape index (κ1) is 35.6. The number of aryl methyl sites for hydroxylation is 2. The van der Waals surface area contributed by atoms with Crippen LogP contribution < -0.4 is 9.46 Å². The maximum absolute atomic E-state index is 14.6. The van der Waals surface area contributed by atoms with Gasteiger partial charge in [-0.05, 0) is 107 Å². The number of anilines is 1. The highest BCUT2D eigenvalue weighted by molar-refractivity contribution is 7.92. The van der Waals surface area contributed by atoms with Gasteiger partial charge in [-0.2, -0.15) is 18.2 Å². The zero-order chi connectivity index (χ0) is 36.2. The van der Waals surface area contributed by atoms with Crippen LogP contribution in [-0.2, 0) is 14.8 Å². The molecule has 2 aliphatic heterocycles. The number of fused-ring (bicyclic) bond motifs is 4. The molecule has 4 bridgehead atoms. The summed E-state index contributed by atoms with van der Waals surface area (Å²) in [5.74, 6) is -0.764. The van der Waals surface area contributed by atoms with Crippen molar-refractivity contribution in [2.24, 2.45) is 10.8 Å². The number of hydrogen-bond donors (Lipinski definition) is 1. The number of sulfonamides is 1. The fourth-order valence-corrected chi connectivity index (χ4v) is 9.28. The second-order valence-electron chi connectivity index (χ2n) is 14.9. The van der Waals surface area contributed by atoms with E-state index in [2.05, 4.69) is 19.6 Å². The lowest BCUT2D eigenvalue weighted by atomic mass is 9.59. The number of hydrogen-bond acceptors (Lipinski definition) is 8. The van der Waals surface area contributed by atoms with E-state index in [1.54, 1.807) is 18.1 Å². The number of carbonyl (C=O) groups is 1. The van der Waals surface area contributed by atoms with Crippen LogP contribution in [0.2, 0.25) is 0 Å². The Morgan fingerprint density at radius 2 is 1.69 bits per heavy atom. The van der Waals surface area contributed by atoms with E-state index in [0.29, 0.717) is 25.1 Å². The molecule has 1 atom stereocenters. The van der Waals surface area contributed by atoms with Gasteiger partial charge in [0.25, 0.3) is 15.9 Å². The number of halogens is 3. The first-order valence-corrected chi connectivity index (χ1v) is 19.0. The Bertz CT molecular complexity index is 1880. The largest absolute Gasteiger partial charge is 0.475 e. The van der Waals surface area contributed by atoms with Crippen molar-refractivity contribution in [3.63, 3.8) is 0 Å². The molecule has 3 heterocycles. The minimum absolute atomic E-state index is 0.00549. The summed E-state index contributed by atoms with van der Waals surface area (Å²) in [6.45, 7) is 6.81. The normalized spacial score (nSPS) is 22.9. The van der Waals surface area contributed by atoms with Crippen molar-refractivity contribution in [3.8, 4) is 17.1 Å². The Morgan fingerprint density at radius 3 is 2.33 bits per heavy atom. The highest BCUT2D eigenvalue weighted by Crippen LogP contribution is 2.61. The first-order chi connectivity index (χ1) is 24.2. The molecule has 1 N–H and O–H groups in total. The fraction of sp³-hybridized carbons (Fsp3) is 0.541. The van der Waals surface area contributed by atoms with Crippen molar-refractivity contribution in [1.82, 2.24) is 19.8 Å². The summed E-state index contributed by atoms with van der Waals surface area (Å²) in [4.78, 5) is 27.2. The second-order valence-corrected chi connectivity index (χ2v) is 16.6. The van der Waals surface area contributed by atoms with Crippen LogP contribution in [0.4, 0.5) is 19.1 Å². The number of methoxy groups -OCH3 is 1. The summed E-state index contributed by atoms with van der Waals surface area (Å²) in [6.07, 6.45) is -1.66. The number of nitrogens with one attached hydrogen (secondary N) is 1. The summed E-state index contributed by atoms with van der Waals surface area (Å²) in [5.41, 5.74) is 1.07. The topological polar surface area (TPSA) is 114 Å². The molecule has 51 heavy (non-hydrogen) atoms. The lowest BCUT2D eigenvalue weighted by Crippen LogP contribution is -2.60. The number of benzene rings is 2. The Morgan fingerprint density at radius 1 is 1.00 bits per heavy atom. The predicted molar refractivity (Wildman–Crippen MR) is 185 cm³/mol. The summed E-state index contributed by atoms with van der Waals surface area (Å²) < 4.78 is 85.1. The lowest BCUT2D eigenvalue weighted by molar-refractivity contribution is -0.194. The van der Waals surface area contributed by atoms with Crippen LogP contribution in [0.3, 0.4) is 0 Å². The molecule has 2 saturated carbocycles. The molecule has 10 nitrogen and oxygen atoms in total. The van der Waals surface area contributed by atoms with Gasteiger partial charge < -0.3 is 19.3 Å². The summed E-state index contributed by atoms with van der Waals surface area (Å²) in [7, 11) is -2.60. The van der Waals surface area contributed by atoms with Crippen LogP contribution in [-0.4, -0.2) is 92.3 Å². The van der Waals surface area contributed by atoms with E-state index < -0.39 is 33.6 Å². The van der Waals surface area contributed by atoms with Crippen LogP contribution in [0.5, 0.6) is 5.88 Å². The number of rotatable bonds is 7. The third-order valence-electron chi connectivity index (χ3n) is 11.4. The minimum atomic E-state index is -4.45. The quantitative estimate of drug-likeness (QED) is 0.298. The van der Waals surface area contributed by atoms with E-state index in [9.17, 15) is 26.4 Å². The monoisotopic (exact) mass is 727 g/mol. The SMILES string of the molecule is COCCN1CCC2(CC1)CC(N1C(=O)c3cccc(c3)S(=O)(=O)Nc3nc(cc(-c4c(C)cccc4C)n3)OC[C@H]1CC1(C(F)(F)F)CC1)C2. The Balaban J connectivity index is 1.29. The van der Waals surface area contributed by atoms with E-state index in [-0.39, 0.29) is 59.6 Å². The number of aromatic nitrogens is 2. The van der Waals surface area contributed by atoms with E-state index in [1.165, 1.54) is 24.3 Å². The van der Waals surface area contributed by atoms with Crippen molar-refractivity contribution in [1.29, 1.82) is 0 Å². The van der Waals surface area contributed by atoms with Gasteiger partial charge in [-0.15, -0.1) is 0 Å². The third kappa shape index (κ3) is 7.06. The van der Waals surface area contributed by atoms with Crippen LogP contribution >= 0.6 is 0 Å². The number of alkyl halides is 3. The molecule has 1 spiro atoms. The average molecular weight is 728 g/mol. The molecule has 1 amide bonds. The fourth-order valence-electron chi connectivity index (χ4n) is 8.29. The number of carbonyl (C=O) groups excluding carboxylic acids is 1. The molecule has 14 heteroatoms. The van der Waals surface area contributed by atoms with E-state index in [0.717, 1.165) is 49.2 Å². The Hall–Kier alpha value is -3.75. The number of ether oxygens (including phenoxy) is 2. The van der Waals surface area contributed by atoms with Gasteiger partial charge in [-0.1, -0.05) is 24.3 Å². The van der Waals surface area contributed by atoms with E-state index in [1.807, 2.05) is 32.0 Å². The Kier molecular flexibility index (Phi) is 9.32. The van der Waals surface area contributed by atoms with Crippen molar-refractivity contribution in [2.45, 2.75) is 81.9 Å². The maximum atomic E-state index is 14.6. The van der Waals surface area contributed by atoms with Gasteiger partial charge in [0.2, 0.25) is 11.8 Å². The standard InChI is InChI=1S/C37H44F3N5O5S/c1-24-6-4-7-25(2)32(24)30-19-31-42-34(41-30)43-51(47,48)29-9-5-8-26(18-29)33(46)45(28(23-50-31)22-36(10-11-36)37(38,39)40)27-20-35(21-27)12-14-44(15-13-35)16-17-49-3/h4-9,18-19,27-28H,10-17,20-23H2,1-3H3,(H,41,42,43)/t28-/m1/s1. The third-order valence-corrected chi connectivity index (χ3v) is 12.8.